The molecule has 1 aromatic carbocycles. The number of alkyl carbamates (subject to hydrolysis) is 1. The van der Waals surface area contributed by atoms with Crippen LogP contribution in [0.5, 0.6) is 0 Å². The fraction of sp³-hybridized carbons (Fsp3) is 0.500. The molecule has 1 aromatic rings. The fourth-order valence-corrected chi connectivity index (χ4v) is 1.83. The van der Waals surface area contributed by atoms with Gasteiger partial charge in [0.2, 0.25) is 0 Å². The molecule has 6 nitrogen and oxygen atoms in total. The summed E-state index contributed by atoms with van der Waals surface area (Å²) < 4.78 is 9.52. The van der Waals surface area contributed by atoms with Gasteiger partial charge in [-0.25, -0.2) is 9.59 Å². The van der Waals surface area contributed by atoms with Gasteiger partial charge in [-0.1, -0.05) is 37.3 Å². The van der Waals surface area contributed by atoms with Crippen molar-refractivity contribution in [3.8, 4) is 0 Å². The van der Waals surface area contributed by atoms with E-state index >= 15 is 0 Å². The zero-order valence-electron chi connectivity index (χ0n) is 13.0. The van der Waals surface area contributed by atoms with Crippen molar-refractivity contribution in [2.45, 2.75) is 32.5 Å². The van der Waals surface area contributed by atoms with Crippen molar-refractivity contribution in [1.29, 1.82) is 0 Å². The summed E-state index contributed by atoms with van der Waals surface area (Å²) in [4.78, 5) is 22.6. The summed E-state index contributed by atoms with van der Waals surface area (Å²) >= 11 is 0. The number of carbonyl (C=O) groups excluding carboxylic acids is 2. The van der Waals surface area contributed by atoms with Crippen LogP contribution in [0.3, 0.4) is 0 Å². The van der Waals surface area contributed by atoms with Gasteiger partial charge in [-0.15, -0.1) is 0 Å². The van der Waals surface area contributed by atoms with Gasteiger partial charge in [0.1, 0.15) is 6.61 Å². The van der Waals surface area contributed by atoms with Crippen LogP contribution in [-0.2, 0) is 20.9 Å². The molecule has 0 aliphatic heterocycles. The molecule has 0 spiro atoms. The minimum absolute atomic E-state index is 0.114. The first-order chi connectivity index (χ1) is 10.5. The number of aliphatic hydroxyl groups excluding tert-OH is 1. The minimum Gasteiger partial charge on any atom is -0.467 e. The van der Waals surface area contributed by atoms with E-state index in [-0.39, 0.29) is 12.5 Å². The topological polar surface area (TPSA) is 84.9 Å². The molecule has 1 rings (SSSR count). The van der Waals surface area contributed by atoms with Crippen LogP contribution < -0.4 is 5.32 Å². The Kier molecular flexibility index (Phi) is 7.99. The molecular weight excluding hydrogens is 286 g/mol. The molecule has 0 radical (unpaired) electrons. The third kappa shape index (κ3) is 7.08. The van der Waals surface area contributed by atoms with E-state index in [2.05, 4.69) is 10.1 Å². The van der Waals surface area contributed by atoms with Crippen LogP contribution in [0.15, 0.2) is 30.3 Å². The molecule has 2 unspecified atom stereocenters. The molecule has 0 aliphatic rings. The van der Waals surface area contributed by atoms with E-state index in [1.807, 2.05) is 37.3 Å². The fourth-order valence-electron chi connectivity index (χ4n) is 1.83. The molecule has 0 saturated heterocycles. The van der Waals surface area contributed by atoms with Crippen LogP contribution >= 0.6 is 0 Å². The van der Waals surface area contributed by atoms with Crippen molar-refractivity contribution >= 4 is 12.1 Å². The molecule has 122 valence electrons. The Morgan fingerprint density at radius 2 is 1.91 bits per heavy atom. The number of aliphatic hydroxyl groups is 1. The lowest BCUT2D eigenvalue weighted by Crippen LogP contribution is -2.30. The maximum absolute atomic E-state index is 11.6. The van der Waals surface area contributed by atoms with Gasteiger partial charge in [0.05, 0.1) is 7.11 Å². The molecule has 2 N–H and O–H groups in total. The van der Waals surface area contributed by atoms with Gasteiger partial charge in [-0.2, -0.15) is 0 Å². The Bertz CT molecular complexity index is 463. The van der Waals surface area contributed by atoms with E-state index in [1.54, 1.807) is 0 Å². The third-order valence-corrected chi connectivity index (χ3v) is 3.21. The van der Waals surface area contributed by atoms with Crippen LogP contribution in [-0.4, -0.2) is 36.9 Å². The van der Waals surface area contributed by atoms with E-state index < -0.39 is 18.2 Å². The van der Waals surface area contributed by atoms with Gasteiger partial charge in [-0.05, 0) is 24.3 Å². The van der Waals surface area contributed by atoms with Gasteiger partial charge in [0.25, 0.3) is 0 Å². The zero-order chi connectivity index (χ0) is 16.4. The number of methoxy groups -OCH3 is 1. The lowest BCUT2D eigenvalue weighted by Gasteiger charge is -2.14. The Hall–Kier alpha value is -2.08. The second kappa shape index (κ2) is 9.78. The van der Waals surface area contributed by atoms with E-state index in [1.165, 1.54) is 7.11 Å². The van der Waals surface area contributed by atoms with Gasteiger partial charge in [0.15, 0.2) is 6.10 Å². The zero-order valence-corrected chi connectivity index (χ0v) is 13.0. The van der Waals surface area contributed by atoms with Crippen molar-refractivity contribution in [1.82, 2.24) is 5.32 Å². The van der Waals surface area contributed by atoms with Crippen LogP contribution in [0.2, 0.25) is 0 Å². The highest BCUT2D eigenvalue weighted by atomic mass is 16.5. The predicted octanol–water partition coefficient (Wildman–Crippen LogP) is 1.86. The highest BCUT2D eigenvalue weighted by molar-refractivity contribution is 5.74. The summed E-state index contributed by atoms with van der Waals surface area (Å²) in [6.45, 7) is 2.56. The van der Waals surface area contributed by atoms with E-state index in [9.17, 15) is 14.7 Å². The normalized spacial score (nSPS) is 13.0. The third-order valence-electron chi connectivity index (χ3n) is 3.21. The van der Waals surface area contributed by atoms with Crippen LogP contribution in [0.4, 0.5) is 4.79 Å². The average Bonchev–Trinajstić information content (AvgIpc) is 2.55. The molecule has 0 aliphatic carbocycles. The summed E-state index contributed by atoms with van der Waals surface area (Å²) in [5.74, 6) is -0.522. The smallest absolute Gasteiger partial charge is 0.407 e. The van der Waals surface area contributed by atoms with E-state index in [0.717, 1.165) is 5.56 Å². The molecule has 6 heteroatoms. The Morgan fingerprint density at radius 1 is 1.23 bits per heavy atom. The van der Waals surface area contributed by atoms with Gasteiger partial charge < -0.3 is 19.9 Å². The van der Waals surface area contributed by atoms with Gasteiger partial charge >= 0.3 is 12.1 Å². The van der Waals surface area contributed by atoms with Crippen molar-refractivity contribution in [3.63, 3.8) is 0 Å². The van der Waals surface area contributed by atoms with Crippen molar-refractivity contribution in [3.05, 3.63) is 35.9 Å². The maximum Gasteiger partial charge on any atom is 0.407 e. The molecule has 0 heterocycles. The lowest BCUT2D eigenvalue weighted by atomic mass is 10.0. The number of amides is 1. The summed E-state index contributed by atoms with van der Waals surface area (Å²) in [6, 6.07) is 9.42. The van der Waals surface area contributed by atoms with Crippen LogP contribution in [0, 0.1) is 5.92 Å². The molecule has 0 aromatic heterocycles. The van der Waals surface area contributed by atoms with Crippen molar-refractivity contribution < 1.29 is 24.2 Å². The number of ether oxygens (including phenoxy) is 2. The molecule has 0 fully saturated rings. The maximum atomic E-state index is 11.6. The summed E-state index contributed by atoms with van der Waals surface area (Å²) in [7, 11) is 1.24. The largest absolute Gasteiger partial charge is 0.467 e. The second-order valence-electron chi connectivity index (χ2n) is 5.16. The van der Waals surface area contributed by atoms with E-state index in [0.29, 0.717) is 19.4 Å². The van der Waals surface area contributed by atoms with Crippen molar-refractivity contribution in [2.24, 2.45) is 5.92 Å². The SMILES string of the molecule is COC(=O)C(O)CCC(C)CNC(=O)OCc1ccccc1. The minimum atomic E-state index is -1.11. The van der Waals surface area contributed by atoms with Gasteiger partial charge in [-0.3, -0.25) is 0 Å². The van der Waals surface area contributed by atoms with Crippen LogP contribution in [0.1, 0.15) is 25.3 Å². The molecule has 0 saturated carbocycles. The molecule has 1 amide bonds. The number of benzene rings is 1. The molecule has 0 bridgehead atoms. The van der Waals surface area contributed by atoms with Crippen LogP contribution in [0.25, 0.3) is 0 Å². The van der Waals surface area contributed by atoms with Crippen molar-refractivity contribution in [2.75, 3.05) is 13.7 Å². The molecule has 22 heavy (non-hydrogen) atoms. The number of esters is 1. The molecule has 2 atom stereocenters. The lowest BCUT2D eigenvalue weighted by molar-refractivity contribution is -0.150. The highest BCUT2D eigenvalue weighted by Crippen LogP contribution is 2.08. The summed E-state index contributed by atoms with van der Waals surface area (Å²) in [5.41, 5.74) is 0.923. The second-order valence-corrected chi connectivity index (χ2v) is 5.16. The number of rotatable bonds is 8. The van der Waals surface area contributed by atoms with E-state index in [4.69, 9.17) is 4.74 Å². The number of hydrogen-bond acceptors (Lipinski definition) is 5. The number of hydrogen-bond donors (Lipinski definition) is 2. The predicted molar refractivity (Wildman–Crippen MR) is 81.1 cm³/mol. The Balaban J connectivity index is 2.16. The first kappa shape index (κ1) is 18.0. The summed E-state index contributed by atoms with van der Waals surface area (Å²) in [6.07, 6.45) is -0.703. The van der Waals surface area contributed by atoms with Gasteiger partial charge in [0, 0.05) is 6.54 Å². The standard InChI is InChI=1S/C16H23NO5/c1-12(8-9-14(18)15(19)21-2)10-17-16(20)22-11-13-6-4-3-5-7-13/h3-7,12,14,18H,8-11H2,1-2H3,(H,17,20). The quantitative estimate of drug-likeness (QED) is 0.716. The first-order valence-electron chi connectivity index (χ1n) is 7.23. The molecular formula is C16H23NO5. The highest BCUT2D eigenvalue weighted by Gasteiger charge is 2.16. The number of nitrogens with one attached hydrogen (secondary N) is 1. The summed E-state index contributed by atoms with van der Waals surface area (Å²) in [5, 5.41) is 12.1. The first-order valence-corrected chi connectivity index (χ1v) is 7.23. The monoisotopic (exact) mass is 309 g/mol. The Morgan fingerprint density at radius 3 is 2.55 bits per heavy atom. The average molecular weight is 309 g/mol. The number of carbonyl (C=O) groups is 2. The Labute approximate surface area is 130 Å².